The van der Waals surface area contributed by atoms with Gasteiger partial charge in [0.1, 0.15) is 5.82 Å². The molecule has 1 aromatic heterocycles. The molecule has 0 unspecified atom stereocenters. The zero-order valence-electron chi connectivity index (χ0n) is 17.5. The van der Waals surface area contributed by atoms with E-state index in [2.05, 4.69) is 17.8 Å². The van der Waals surface area contributed by atoms with Crippen molar-refractivity contribution >= 4 is 37.5 Å². The van der Waals surface area contributed by atoms with Crippen molar-refractivity contribution in [3.8, 4) is 12.3 Å². The molecule has 2 aromatic carbocycles. The van der Waals surface area contributed by atoms with Gasteiger partial charge in [0.2, 0.25) is 10.0 Å². The van der Waals surface area contributed by atoms with Gasteiger partial charge in [0.15, 0.2) is 4.80 Å². The minimum Gasteiger partial charge on any atom is -0.302 e. The molecule has 6 nitrogen and oxygen atoms in total. The Morgan fingerprint density at radius 3 is 2.56 bits per heavy atom. The van der Waals surface area contributed by atoms with E-state index in [1.807, 2.05) is 0 Å². The number of fused-ring (bicyclic) bond motifs is 1. The second-order valence-corrected chi connectivity index (χ2v) is 10.7. The molecule has 1 aliphatic rings. The van der Waals surface area contributed by atoms with Crippen molar-refractivity contribution in [2.24, 2.45) is 10.9 Å². The number of carbonyl (C=O) groups excluding carboxylic acids is 1. The average molecular weight is 472 g/mol. The Bertz CT molecular complexity index is 1370. The fourth-order valence-corrected chi connectivity index (χ4v) is 6.22. The lowest BCUT2D eigenvalue weighted by Crippen LogP contribution is -2.37. The van der Waals surface area contributed by atoms with Gasteiger partial charge in [0.25, 0.3) is 5.91 Å². The third-order valence-electron chi connectivity index (χ3n) is 5.58. The van der Waals surface area contributed by atoms with Gasteiger partial charge in [-0.2, -0.15) is 9.30 Å². The summed E-state index contributed by atoms with van der Waals surface area (Å²) in [6, 6.07) is 10.4. The first kappa shape index (κ1) is 22.4. The second kappa shape index (κ2) is 8.98. The second-order valence-electron chi connectivity index (χ2n) is 7.79. The molecule has 1 fully saturated rings. The van der Waals surface area contributed by atoms with Crippen LogP contribution in [0.2, 0.25) is 0 Å². The quantitative estimate of drug-likeness (QED) is 0.546. The van der Waals surface area contributed by atoms with E-state index in [1.54, 1.807) is 12.1 Å². The molecule has 0 saturated carbocycles. The van der Waals surface area contributed by atoms with Crippen LogP contribution < -0.4 is 4.80 Å². The van der Waals surface area contributed by atoms with E-state index < -0.39 is 21.7 Å². The number of halogens is 1. The van der Waals surface area contributed by atoms with E-state index >= 15 is 0 Å². The maximum absolute atomic E-state index is 14.3. The Labute approximate surface area is 190 Å². The number of nitrogens with zero attached hydrogens (tertiary/aromatic N) is 3. The van der Waals surface area contributed by atoms with Crippen LogP contribution in [0.25, 0.3) is 10.2 Å². The summed E-state index contributed by atoms with van der Waals surface area (Å²) in [5.74, 6) is 1.98. The van der Waals surface area contributed by atoms with Crippen LogP contribution in [0.4, 0.5) is 4.39 Å². The van der Waals surface area contributed by atoms with Crippen LogP contribution in [0.3, 0.4) is 0 Å². The molecule has 4 rings (SSSR count). The van der Waals surface area contributed by atoms with Crippen LogP contribution in [0.1, 0.15) is 30.1 Å². The number of thiazole rings is 1. The Balaban J connectivity index is 1.64. The van der Waals surface area contributed by atoms with Crippen molar-refractivity contribution in [3.63, 3.8) is 0 Å². The molecule has 9 heteroatoms. The number of aromatic nitrogens is 1. The number of sulfonamides is 1. The predicted octanol–water partition coefficient (Wildman–Crippen LogP) is 3.64. The maximum atomic E-state index is 14.3. The third-order valence-corrected chi connectivity index (χ3v) is 8.54. The first-order chi connectivity index (χ1) is 15.3. The fraction of sp³-hybridized carbons (Fsp3) is 0.304. The molecule has 3 aromatic rings. The predicted molar refractivity (Wildman–Crippen MR) is 122 cm³/mol. The zero-order valence-corrected chi connectivity index (χ0v) is 19.1. The summed E-state index contributed by atoms with van der Waals surface area (Å²) in [4.78, 5) is 17.3. The summed E-state index contributed by atoms with van der Waals surface area (Å²) in [5, 5.41) is 0. The highest BCUT2D eigenvalue weighted by Gasteiger charge is 2.28. The molecule has 32 heavy (non-hydrogen) atoms. The van der Waals surface area contributed by atoms with Crippen LogP contribution in [0.5, 0.6) is 0 Å². The highest BCUT2D eigenvalue weighted by Crippen LogP contribution is 2.24. The largest absolute Gasteiger partial charge is 0.302 e. The lowest BCUT2D eigenvalue weighted by molar-refractivity contribution is 0.0997. The number of piperidine rings is 1. The number of hydrogen-bond acceptors (Lipinski definition) is 4. The Morgan fingerprint density at radius 2 is 1.91 bits per heavy atom. The monoisotopic (exact) mass is 471 g/mol. The highest BCUT2D eigenvalue weighted by molar-refractivity contribution is 7.89. The van der Waals surface area contributed by atoms with Gasteiger partial charge in [-0.1, -0.05) is 30.2 Å². The summed E-state index contributed by atoms with van der Waals surface area (Å²) in [6.07, 6.45) is 7.09. The topological polar surface area (TPSA) is 71.7 Å². The van der Waals surface area contributed by atoms with Crippen molar-refractivity contribution in [2.75, 3.05) is 13.1 Å². The van der Waals surface area contributed by atoms with Crippen molar-refractivity contribution in [1.82, 2.24) is 8.87 Å². The van der Waals surface area contributed by atoms with E-state index in [4.69, 9.17) is 6.42 Å². The minimum atomic E-state index is -3.60. The van der Waals surface area contributed by atoms with Crippen molar-refractivity contribution < 1.29 is 17.6 Å². The molecule has 2 heterocycles. The highest BCUT2D eigenvalue weighted by atomic mass is 32.2. The summed E-state index contributed by atoms with van der Waals surface area (Å²) in [7, 11) is -3.60. The van der Waals surface area contributed by atoms with E-state index in [-0.39, 0.29) is 21.8 Å². The number of benzene rings is 2. The standard InChI is InChI=1S/C23H22FN3O3S2/c1-3-13-27-21-19(24)5-4-6-20(21)31-23(27)25-22(28)17-7-9-18(10-8-17)32(29,30)26-14-11-16(2)12-15-26/h1,4-10,16H,11-15H2,2H3. The van der Waals surface area contributed by atoms with Gasteiger partial charge in [-0.05, 0) is 55.2 Å². The first-order valence-electron chi connectivity index (χ1n) is 10.2. The van der Waals surface area contributed by atoms with Crippen LogP contribution >= 0.6 is 11.3 Å². The van der Waals surface area contributed by atoms with E-state index in [9.17, 15) is 17.6 Å². The summed E-state index contributed by atoms with van der Waals surface area (Å²) < 4.78 is 43.7. The smallest absolute Gasteiger partial charge is 0.279 e. The molecule has 1 amide bonds. The van der Waals surface area contributed by atoms with Gasteiger partial charge in [0.05, 0.1) is 21.7 Å². The number of carbonyl (C=O) groups is 1. The third kappa shape index (κ3) is 4.26. The lowest BCUT2D eigenvalue weighted by atomic mass is 10.0. The number of hydrogen-bond donors (Lipinski definition) is 0. The number of rotatable bonds is 4. The van der Waals surface area contributed by atoms with Gasteiger partial charge < -0.3 is 4.57 Å². The van der Waals surface area contributed by atoms with Gasteiger partial charge in [-0.3, -0.25) is 4.79 Å². The fourth-order valence-electron chi connectivity index (χ4n) is 3.71. The summed E-state index contributed by atoms with van der Waals surface area (Å²) in [5.41, 5.74) is 0.542. The SMILES string of the molecule is C#CCn1c(=NC(=O)c2ccc(S(=O)(=O)N3CCC(C)CC3)cc2)sc2cccc(F)c21. The number of terminal acetylenes is 1. The van der Waals surface area contributed by atoms with Gasteiger partial charge in [0, 0.05) is 18.7 Å². The Morgan fingerprint density at radius 1 is 1.22 bits per heavy atom. The van der Waals surface area contributed by atoms with Crippen molar-refractivity contribution in [2.45, 2.75) is 31.2 Å². The molecule has 0 spiro atoms. The molecule has 0 radical (unpaired) electrons. The first-order valence-corrected chi connectivity index (χ1v) is 12.5. The minimum absolute atomic E-state index is 0.0681. The number of para-hydroxylation sites is 1. The van der Waals surface area contributed by atoms with Gasteiger partial charge in [-0.15, -0.1) is 6.42 Å². The molecular weight excluding hydrogens is 449 g/mol. The molecule has 1 saturated heterocycles. The Hall–Kier alpha value is -2.80. The lowest BCUT2D eigenvalue weighted by Gasteiger charge is -2.29. The van der Waals surface area contributed by atoms with E-state index in [1.165, 1.54) is 39.2 Å². The molecule has 0 bridgehead atoms. The normalized spacial score (nSPS) is 16.3. The maximum Gasteiger partial charge on any atom is 0.279 e. The molecule has 0 atom stereocenters. The van der Waals surface area contributed by atoms with Crippen LogP contribution in [0.15, 0.2) is 52.4 Å². The van der Waals surface area contributed by atoms with Crippen molar-refractivity contribution in [3.05, 3.63) is 58.6 Å². The molecule has 0 aliphatic carbocycles. The summed E-state index contributed by atoms with van der Waals surface area (Å²) in [6.45, 7) is 3.18. The van der Waals surface area contributed by atoms with E-state index in [0.717, 1.165) is 24.2 Å². The molecule has 1 aliphatic heterocycles. The molecular formula is C23H22FN3O3S2. The van der Waals surface area contributed by atoms with Gasteiger partial charge >= 0.3 is 0 Å². The van der Waals surface area contributed by atoms with Gasteiger partial charge in [-0.25, -0.2) is 12.8 Å². The Kier molecular flexibility index (Phi) is 6.29. The van der Waals surface area contributed by atoms with Crippen LogP contribution in [-0.2, 0) is 16.6 Å². The zero-order chi connectivity index (χ0) is 22.9. The number of amides is 1. The van der Waals surface area contributed by atoms with E-state index in [0.29, 0.717) is 29.2 Å². The van der Waals surface area contributed by atoms with Crippen LogP contribution in [-0.4, -0.2) is 36.3 Å². The van der Waals surface area contributed by atoms with Crippen molar-refractivity contribution in [1.29, 1.82) is 0 Å². The summed E-state index contributed by atoms with van der Waals surface area (Å²) >= 11 is 1.16. The molecule has 166 valence electrons. The van der Waals surface area contributed by atoms with Crippen LogP contribution in [0, 0.1) is 24.1 Å². The molecule has 0 N–H and O–H groups in total. The average Bonchev–Trinajstić information content (AvgIpc) is 3.12.